The second-order valence-corrected chi connectivity index (χ2v) is 14.5. The van der Waals surface area contributed by atoms with Crippen LogP contribution >= 0.6 is 23.2 Å². The zero-order valence-corrected chi connectivity index (χ0v) is 27.7. The molecule has 0 N–H and O–H groups in total. The predicted molar refractivity (Wildman–Crippen MR) is 170 cm³/mol. The highest BCUT2D eigenvalue weighted by Gasteiger charge is 2.69. The molecule has 2 aromatic heterocycles. The van der Waals surface area contributed by atoms with Crippen LogP contribution < -0.4 is 0 Å². The van der Waals surface area contributed by atoms with Crippen molar-refractivity contribution in [1.82, 2.24) is 9.97 Å². The van der Waals surface area contributed by atoms with Crippen molar-refractivity contribution in [3.63, 3.8) is 0 Å². The topological polar surface area (TPSA) is 95.5 Å². The summed E-state index contributed by atoms with van der Waals surface area (Å²) in [5, 5.41) is 0.386. The van der Waals surface area contributed by atoms with Crippen LogP contribution in [-0.2, 0) is 14.3 Å². The van der Waals surface area contributed by atoms with Crippen LogP contribution in [0.5, 0.6) is 0 Å². The van der Waals surface area contributed by atoms with Crippen LogP contribution in [0.15, 0.2) is 49.1 Å². The van der Waals surface area contributed by atoms with Crippen LogP contribution in [0.2, 0.25) is 10.3 Å². The summed E-state index contributed by atoms with van der Waals surface area (Å²) >= 11 is 12.4. The first-order valence-electron chi connectivity index (χ1n) is 15.1. The minimum atomic E-state index is -0.832. The maximum absolute atomic E-state index is 14.1. The molecule has 3 aliphatic carbocycles. The molecule has 7 nitrogen and oxygen atoms in total. The van der Waals surface area contributed by atoms with Crippen molar-refractivity contribution < 1.29 is 23.9 Å². The molecule has 5 rings (SSSR count). The van der Waals surface area contributed by atoms with Gasteiger partial charge >= 0.3 is 11.9 Å². The van der Waals surface area contributed by atoms with Gasteiger partial charge in [0, 0.05) is 34.1 Å². The Hall–Kier alpha value is -3.03. The van der Waals surface area contributed by atoms with Crippen LogP contribution in [0.25, 0.3) is 0 Å². The molecular formula is C35H40Cl2N2O5. The molecule has 0 radical (unpaired) electrons. The van der Waals surface area contributed by atoms with Crippen LogP contribution in [0.4, 0.5) is 0 Å². The van der Waals surface area contributed by atoms with Gasteiger partial charge in [0.1, 0.15) is 22.5 Å². The fraction of sp³-hybridized carbons (Fsp3) is 0.514. The summed E-state index contributed by atoms with van der Waals surface area (Å²) in [5.41, 5.74) is 0.203. The molecule has 234 valence electrons. The minimum absolute atomic E-state index is 0.00132. The van der Waals surface area contributed by atoms with E-state index in [1.54, 1.807) is 32.1 Å². The van der Waals surface area contributed by atoms with E-state index in [1.165, 1.54) is 12.1 Å². The van der Waals surface area contributed by atoms with Crippen molar-refractivity contribution >= 4 is 40.9 Å². The van der Waals surface area contributed by atoms with Crippen molar-refractivity contribution in [2.24, 2.45) is 34.0 Å². The maximum Gasteiger partial charge on any atom is 0.338 e. The molecule has 9 heteroatoms. The number of ketones is 1. The van der Waals surface area contributed by atoms with Gasteiger partial charge in [-0.3, -0.25) is 4.79 Å². The quantitative estimate of drug-likeness (QED) is 0.142. The minimum Gasteiger partial charge on any atom is -0.458 e. The number of ether oxygens (including phenoxy) is 2. The molecule has 0 saturated heterocycles. The predicted octanol–water partition coefficient (Wildman–Crippen LogP) is 7.95. The number of hydrogen-bond donors (Lipinski definition) is 0. The van der Waals surface area contributed by atoms with E-state index in [4.69, 9.17) is 32.7 Å². The van der Waals surface area contributed by atoms with Crippen molar-refractivity contribution in [3.05, 3.63) is 81.9 Å². The summed E-state index contributed by atoms with van der Waals surface area (Å²) in [7, 11) is 0. The Morgan fingerprint density at radius 3 is 2.05 bits per heavy atom. The molecule has 2 heterocycles. The fourth-order valence-corrected chi connectivity index (χ4v) is 9.01. The Kier molecular flexibility index (Phi) is 8.39. The number of hydrogen-bond acceptors (Lipinski definition) is 7. The van der Waals surface area contributed by atoms with E-state index in [0.717, 1.165) is 12.8 Å². The highest BCUT2D eigenvalue weighted by Crippen LogP contribution is 2.69. The second-order valence-electron chi connectivity index (χ2n) is 13.7. The monoisotopic (exact) mass is 638 g/mol. The van der Waals surface area contributed by atoms with Crippen LogP contribution in [0, 0.1) is 47.8 Å². The summed E-state index contributed by atoms with van der Waals surface area (Å²) < 4.78 is 12.9. The Labute approximate surface area is 269 Å². The molecule has 2 bridgehead atoms. The Morgan fingerprint density at radius 2 is 1.52 bits per heavy atom. The number of esters is 2. The average molecular weight is 640 g/mol. The highest BCUT2D eigenvalue weighted by atomic mass is 35.5. The molecule has 3 aliphatic rings. The van der Waals surface area contributed by atoms with Crippen LogP contribution in [-0.4, -0.2) is 39.9 Å². The lowest BCUT2D eigenvalue weighted by Gasteiger charge is -2.61. The highest BCUT2D eigenvalue weighted by molar-refractivity contribution is 6.30. The standard InChI is InChI=1S/C35H40Cl2N2O5/c1-9-33(7)17-25(43-31(41)23-12-20(4)38-26(36)14-23)34(8)19(3)10-11-35(16-18(2)28(40)29(34)35)22(6)30(33)44-32(42)24-13-21(5)39-27(37)15-24/h9,12-15,19,22,25,29-30H,1-2,10-11,16-17H2,3-8H3/t19-,22+,25-,29+,30+,33-,34+,35+/m1/s1. The average Bonchev–Trinajstić information content (AvgIpc) is 3.22. The zero-order chi connectivity index (χ0) is 32.4. The normalized spacial score (nSPS) is 34.9. The molecule has 3 saturated carbocycles. The lowest BCUT2D eigenvalue weighted by molar-refractivity contribution is -0.192. The SMILES string of the molecule is C=C[C@]1(C)C[C@@H](OC(=O)c2cc(C)nc(Cl)c2)[C@]2(C)[C@H](C)CC[C@]3(CC(=C)C(=O)[C@H]32)[C@@H](C)[C@@H]1OC(=O)c1cc(C)nc(Cl)c1. The van der Waals surface area contributed by atoms with E-state index in [9.17, 15) is 14.4 Å². The molecular weight excluding hydrogens is 599 g/mol. The van der Waals surface area contributed by atoms with E-state index in [2.05, 4.69) is 43.9 Å². The summed E-state index contributed by atoms with van der Waals surface area (Å²) in [5.74, 6) is -1.76. The van der Waals surface area contributed by atoms with E-state index >= 15 is 0 Å². The van der Waals surface area contributed by atoms with Crippen molar-refractivity contribution in [2.45, 2.75) is 79.4 Å². The van der Waals surface area contributed by atoms with Gasteiger partial charge in [0.2, 0.25) is 0 Å². The van der Waals surface area contributed by atoms with Gasteiger partial charge in [-0.1, -0.05) is 63.6 Å². The molecule has 8 atom stereocenters. The number of aromatic nitrogens is 2. The van der Waals surface area contributed by atoms with E-state index in [0.29, 0.717) is 28.9 Å². The second kappa shape index (κ2) is 11.4. The molecule has 44 heavy (non-hydrogen) atoms. The summed E-state index contributed by atoms with van der Waals surface area (Å²) in [6, 6.07) is 6.25. The fourth-order valence-electron chi connectivity index (χ4n) is 8.51. The Morgan fingerprint density at radius 1 is 0.977 bits per heavy atom. The van der Waals surface area contributed by atoms with Gasteiger partial charge in [-0.25, -0.2) is 19.6 Å². The summed E-state index contributed by atoms with van der Waals surface area (Å²) in [6.45, 7) is 20.2. The van der Waals surface area contributed by atoms with Crippen LogP contribution in [0.1, 0.15) is 85.5 Å². The van der Waals surface area contributed by atoms with Gasteiger partial charge in [-0.15, -0.1) is 6.58 Å². The molecule has 0 aliphatic heterocycles. The first-order valence-corrected chi connectivity index (χ1v) is 15.9. The van der Waals surface area contributed by atoms with Gasteiger partial charge in [0.25, 0.3) is 0 Å². The number of carbonyl (C=O) groups is 3. The van der Waals surface area contributed by atoms with E-state index in [1.807, 2.05) is 6.92 Å². The Bertz CT molecular complexity index is 1530. The first kappa shape index (κ1) is 32.4. The summed E-state index contributed by atoms with van der Waals surface area (Å²) in [4.78, 5) is 50.0. The van der Waals surface area contributed by atoms with Gasteiger partial charge in [0.05, 0.1) is 11.1 Å². The van der Waals surface area contributed by atoms with E-state index < -0.39 is 46.3 Å². The molecule has 0 amide bonds. The number of Topliss-reactive ketones (excluding diaryl/α,β-unsaturated/α-hetero) is 1. The van der Waals surface area contributed by atoms with Crippen molar-refractivity contribution in [2.75, 3.05) is 0 Å². The number of nitrogens with zero attached hydrogens (tertiary/aromatic N) is 2. The van der Waals surface area contributed by atoms with Crippen molar-refractivity contribution in [3.8, 4) is 0 Å². The van der Waals surface area contributed by atoms with Gasteiger partial charge in [0.15, 0.2) is 5.78 Å². The van der Waals surface area contributed by atoms with Gasteiger partial charge < -0.3 is 9.47 Å². The summed E-state index contributed by atoms with van der Waals surface area (Å²) in [6.07, 6.45) is 2.72. The van der Waals surface area contributed by atoms with Gasteiger partial charge in [-0.05, 0) is 80.7 Å². The van der Waals surface area contributed by atoms with Crippen molar-refractivity contribution in [1.29, 1.82) is 0 Å². The molecule has 0 spiro atoms. The number of carbonyl (C=O) groups excluding carboxylic acids is 3. The first-order chi connectivity index (χ1) is 20.6. The molecule has 0 aromatic carbocycles. The zero-order valence-electron chi connectivity index (χ0n) is 26.2. The molecule has 2 aromatic rings. The number of aryl methyl sites for hydroxylation is 2. The third kappa shape index (κ3) is 5.20. The molecule has 0 unspecified atom stereocenters. The number of halogens is 2. The van der Waals surface area contributed by atoms with Gasteiger partial charge in [-0.2, -0.15) is 0 Å². The van der Waals surface area contributed by atoms with E-state index in [-0.39, 0.29) is 39.9 Å². The van der Waals surface area contributed by atoms with Crippen LogP contribution in [0.3, 0.4) is 0 Å². The third-order valence-electron chi connectivity index (χ3n) is 11.0. The molecule has 3 fully saturated rings. The largest absolute Gasteiger partial charge is 0.458 e. The number of pyridine rings is 2. The lowest BCUT2D eigenvalue weighted by atomic mass is 9.44. The third-order valence-corrected chi connectivity index (χ3v) is 11.4. The smallest absolute Gasteiger partial charge is 0.338 e. The maximum atomic E-state index is 14.1. The number of allylic oxidation sites excluding steroid dienone is 1. The Balaban J connectivity index is 1.65. The lowest BCUT2D eigenvalue weighted by Crippen LogP contribution is -2.63. The number of rotatable bonds is 5.